The number of allylic oxidation sites excluding steroid dienone is 2. The first-order valence-corrected chi connectivity index (χ1v) is 11.0. The van der Waals surface area contributed by atoms with Gasteiger partial charge in [-0.15, -0.1) is 0 Å². The molecule has 8 nitrogen and oxygen atoms in total. The summed E-state index contributed by atoms with van der Waals surface area (Å²) in [5, 5.41) is 28.0. The van der Waals surface area contributed by atoms with E-state index in [2.05, 4.69) is 26.3 Å². The zero-order chi connectivity index (χ0) is 25.4. The Balaban J connectivity index is 1.97. The molecule has 0 spiro atoms. The average molecular weight is 474 g/mol. The number of aryl methyl sites for hydroxylation is 1. The Morgan fingerprint density at radius 2 is 2.00 bits per heavy atom. The third-order valence-electron chi connectivity index (χ3n) is 5.18. The van der Waals surface area contributed by atoms with Gasteiger partial charge < -0.3 is 26.7 Å². The summed E-state index contributed by atoms with van der Waals surface area (Å²) in [6, 6.07) is 11.5. The summed E-state index contributed by atoms with van der Waals surface area (Å²) in [4.78, 5) is 16.7. The number of rotatable bonds is 8. The molecule has 0 saturated carbocycles. The standard InChI is InChI=1S/C26H28FN7O/c1-16-6-4-9-25(32-16)34-22(14-24(29)33-17(2)18-7-5-8-20(27)12-18)19-10-11-31-23(13-19)21(15-28)26(35)30-3/h4-15,17,28,31H,1-3H3,(H2,29,33)(H,30,35)(H,32,34)/b22-14-,23-21+,28-15?. The number of hydrogen-bond acceptors (Lipinski definition) is 6. The fraction of sp³-hybridized carbons (Fsp3) is 0.154. The number of amides is 1. The lowest BCUT2D eigenvalue weighted by molar-refractivity contribution is -0.116. The van der Waals surface area contributed by atoms with Crippen LogP contribution < -0.4 is 21.3 Å². The number of aromatic nitrogens is 1. The SMILES string of the molecule is CNC(=O)/C(C=N)=C1C=C(/C(=C/C(=N)NC(C)c2cccc(F)c2)Nc2cccc(C)n2)C=CN\1. The van der Waals surface area contributed by atoms with Gasteiger partial charge >= 0.3 is 0 Å². The van der Waals surface area contributed by atoms with Crippen molar-refractivity contribution in [3.8, 4) is 0 Å². The molecule has 2 heterocycles. The van der Waals surface area contributed by atoms with Crippen molar-refractivity contribution < 1.29 is 9.18 Å². The minimum Gasteiger partial charge on any atom is -0.364 e. The van der Waals surface area contributed by atoms with Crippen LogP contribution in [0.5, 0.6) is 0 Å². The van der Waals surface area contributed by atoms with Crippen LogP contribution in [-0.4, -0.2) is 30.0 Å². The monoisotopic (exact) mass is 473 g/mol. The summed E-state index contributed by atoms with van der Waals surface area (Å²) in [6.45, 7) is 3.72. The second kappa shape index (κ2) is 11.6. The average Bonchev–Trinajstić information content (AvgIpc) is 2.84. The van der Waals surface area contributed by atoms with Gasteiger partial charge in [-0.25, -0.2) is 9.37 Å². The third-order valence-corrected chi connectivity index (χ3v) is 5.18. The highest BCUT2D eigenvalue weighted by Gasteiger charge is 2.16. The van der Waals surface area contributed by atoms with Crippen LogP contribution in [0.1, 0.15) is 24.2 Å². The molecule has 35 heavy (non-hydrogen) atoms. The second-order valence-electron chi connectivity index (χ2n) is 7.81. The van der Waals surface area contributed by atoms with E-state index in [0.717, 1.165) is 11.9 Å². The van der Waals surface area contributed by atoms with E-state index in [1.807, 2.05) is 32.0 Å². The maximum absolute atomic E-state index is 13.6. The quantitative estimate of drug-likeness (QED) is 0.197. The van der Waals surface area contributed by atoms with Gasteiger partial charge in [0.05, 0.1) is 23.0 Å². The minimum atomic E-state index is -0.398. The van der Waals surface area contributed by atoms with E-state index in [1.54, 1.807) is 36.6 Å². The summed E-state index contributed by atoms with van der Waals surface area (Å²) in [7, 11) is 1.50. The molecule has 1 aromatic carbocycles. The van der Waals surface area contributed by atoms with Gasteiger partial charge in [0.15, 0.2) is 0 Å². The third kappa shape index (κ3) is 6.73. The van der Waals surface area contributed by atoms with Crippen LogP contribution in [0.3, 0.4) is 0 Å². The van der Waals surface area contributed by atoms with Gasteiger partial charge in [-0.05, 0) is 55.8 Å². The van der Waals surface area contributed by atoms with Crippen LogP contribution in [0, 0.1) is 23.6 Å². The molecule has 1 aliphatic rings. The maximum Gasteiger partial charge on any atom is 0.254 e. The molecule has 1 aliphatic heterocycles. The lowest BCUT2D eigenvalue weighted by atomic mass is 10.0. The maximum atomic E-state index is 13.6. The highest BCUT2D eigenvalue weighted by Crippen LogP contribution is 2.21. The van der Waals surface area contributed by atoms with Crippen molar-refractivity contribution >= 4 is 23.8 Å². The smallest absolute Gasteiger partial charge is 0.254 e. The Morgan fingerprint density at radius 1 is 1.23 bits per heavy atom. The number of likely N-dealkylation sites (N-methyl/N-ethyl adjacent to an activating group) is 1. The molecule has 0 fully saturated rings. The first-order chi connectivity index (χ1) is 16.8. The number of carbonyl (C=O) groups is 1. The normalized spacial score (nSPS) is 15.3. The van der Waals surface area contributed by atoms with Gasteiger partial charge in [0.2, 0.25) is 0 Å². The van der Waals surface area contributed by atoms with Gasteiger partial charge in [-0.3, -0.25) is 10.2 Å². The first kappa shape index (κ1) is 25.1. The van der Waals surface area contributed by atoms with Crippen molar-refractivity contribution in [2.45, 2.75) is 19.9 Å². The number of dihydropyridines is 1. The fourth-order valence-corrected chi connectivity index (χ4v) is 3.41. The second-order valence-corrected chi connectivity index (χ2v) is 7.81. The Morgan fingerprint density at radius 3 is 2.69 bits per heavy atom. The largest absolute Gasteiger partial charge is 0.364 e. The van der Waals surface area contributed by atoms with Gasteiger partial charge in [0, 0.05) is 36.8 Å². The van der Waals surface area contributed by atoms with E-state index < -0.39 is 5.91 Å². The van der Waals surface area contributed by atoms with Crippen molar-refractivity contribution in [1.29, 1.82) is 10.8 Å². The van der Waals surface area contributed by atoms with Crippen molar-refractivity contribution in [3.05, 3.63) is 107 Å². The Bertz CT molecular complexity index is 1260. The van der Waals surface area contributed by atoms with Gasteiger partial charge in [0.1, 0.15) is 17.5 Å². The van der Waals surface area contributed by atoms with Gasteiger partial charge in [0.25, 0.3) is 5.91 Å². The zero-order valence-electron chi connectivity index (χ0n) is 19.7. The van der Waals surface area contributed by atoms with E-state index >= 15 is 0 Å². The molecule has 1 aromatic heterocycles. The van der Waals surface area contributed by atoms with Crippen LogP contribution in [0.2, 0.25) is 0 Å². The van der Waals surface area contributed by atoms with E-state index in [-0.39, 0.29) is 23.3 Å². The number of nitrogens with zero attached hydrogens (tertiary/aromatic N) is 1. The number of nitrogens with one attached hydrogen (secondary N) is 6. The van der Waals surface area contributed by atoms with Crippen LogP contribution >= 0.6 is 0 Å². The number of pyridine rings is 1. The van der Waals surface area contributed by atoms with Crippen molar-refractivity contribution in [1.82, 2.24) is 20.9 Å². The van der Waals surface area contributed by atoms with Gasteiger partial charge in [-0.2, -0.15) is 0 Å². The topological polar surface area (TPSA) is 126 Å². The molecule has 0 aliphatic carbocycles. The van der Waals surface area contributed by atoms with Crippen LogP contribution in [0.15, 0.2) is 89.4 Å². The number of carbonyl (C=O) groups excluding carboxylic acids is 1. The predicted octanol–water partition coefficient (Wildman–Crippen LogP) is 3.85. The highest BCUT2D eigenvalue weighted by atomic mass is 19.1. The van der Waals surface area contributed by atoms with E-state index in [9.17, 15) is 9.18 Å². The summed E-state index contributed by atoms with van der Waals surface area (Å²) in [5.41, 5.74) is 3.34. The summed E-state index contributed by atoms with van der Waals surface area (Å²) < 4.78 is 13.6. The van der Waals surface area contributed by atoms with Crippen LogP contribution in [0.4, 0.5) is 10.2 Å². The lowest BCUT2D eigenvalue weighted by Crippen LogP contribution is -2.26. The molecule has 0 radical (unpaired) electrons. The van der Waals surface area contributed by atoms with Crippen molar-refractivity contribution in [2.75, 3.05) is 12.4 Å². The van der Waals surface area contributed by atoms with E-state index in [0.29, 0.717) is 28.3 Å². The van der Waals surface area contributed by atoms with E-state index in [4.69, 9.17) is 10.8 Å². The predicted molar refractivity (Wildman–Crippen MR) is 137 cm³/mol. The Kier molecular flexibility index (Phi) is 8.29. The molecule has 0 bridgehead atoms. The minimum absolute atomic E-state index is 0.0915. The molecule has 9 heteroatoms. The fourth-order valence-electron chi connectivity index (χ4n) is 3.41. The molecule has 1 atom stereocenters. The molecular formula is C26H28FN7O. The molecule has 3 rings (SSSR count). The molecule has 0 saturated heterocycles. The molecule has 1 unspecified atom stereocenters. The zero-order valence-corrected chi connectivity index (χ0v) is 19.7. The van der Waals surface area contributed by atoms with Crippen molar-refractivity contribution in [2.24, 2.45) is 0 Å². The summed E-state index contributed by atoms with van der Waals surface area (Å²) in [5.74, 6) is -0.0628. The Labute approximate surface area is 203 Å². The summed E-state index contributed by atoms with van der Waals surface area (Å²) in [6.07, 6.45) is 7.74. The number of halogens is 1. The van der Waals surface area contributed by atoms with Crippen LogP contribution in [-0.2, 0) is 4.79 Å². The summed E-state index contributed by atoms with van der Waals surface area (Å²) >= 11 is 0. The Hall–Kier alpha value is -4.53. The molecule has 2 aromatic rings. The van der Waals surface area contributed by atoms with Gasteiger partial charge in [-0.1, -0.05) is 18.2 Å². The number of hydrogen-bond donors (Lipinski definition) is 6. The number of benzene rings is 1. The molecule has 6 N–H and O–H groups in total. The molecule has 1 amide bonds. The molecular weight excluding hydrogens is 445 g/mol. The molecule has 180 valence electrons. The van der Waals surface area contributed by atoms with Crippen molar-refractivity contribution in [3.63, 3.8) is 0 Å². The van der Waals surface area contributed by atoms with Crippen LogP contribution in [0.25, 0.3) is 0 Å². The first-order valence-electron chi connectivity index (χ1n) is 11.0. The lowest BCUT2D eigenvalue weighted by Gasteiger charge is -2.19. The highest BCUT2D eigenvalue weighted by molar-refractivity contribution is 6.12. The number of anilines is 1. The number of amidine groups is 1. The van der Waals surface area contributed by atoms with E-state index in [1.165, 1.54) is 19.2 Å².